The third kappa shape index (κ3) is 5.55. The van der Waals surface area contributed by atoms with E-state index < -0.39 is 6.04 Å². The van der Waals surface area contributed by atoms with E-state index in [4.69, 9.17) is 16.3 Å². The molecule has 1 fully saturated rings. The summed E-state index contributed by atoms with van der Waals surface area (Å²) < 4.78 is 5.72. The van der Waals surface area contributed by atoms with Crippen LogP contribution in [-0.4, -0.2) is 47.2 Å². The zero-order chi connectivity index (χ0) is 24.2. The average Bonchev–Trinajstić information content (AvgIpc) is 3.39. The van der Waals surface area contributed by atoms with Gasteiger partial charge in [0.05, 0.1) is 21.9 Å². The monoisotopic (exact) mass is 499 g/mol. The standard InChI is InChI=1S/C24H26ClN5O3S/c1-4-33-21-13-22(29(14-21)24(32)27-19-7-5-17(25)6-8-19)23(31)26-18-9-11-20(12-10-18)30-16(3)34-15(2)28-30/h5-12,21-22H,3-4,13-14H2,1-2H3,(H,26,31)(H,27,32)/t21-,22-/m1/s1. The molecule has 2 aromatic rings. The van der Waals surface area contributed by atoms with Crippen molar-refractivity contribution >= 4 is 57.4 Å². The Hall–Kier alpha value is -3.01. The highest BCUT2D eigenvalue weighted by atomic mass is 35.5. The van der Waals surface area contributed by atoms with Gasteiger partial charge in [-0.1, -0.05) is 29.9 Å². The van der Waals surface area contributed by atoms with Crippen LogP contribution in [0.25, 0.3) is 0 Å². The lowest BCUT2D eigenvalue weighted by molar-refractivity contribution is -0.119. The zero-order valence-electron chi connectivity index (χ0n) is 19.0. The normalized spacial score (nSPS) is 19.9. The van der Waals surface area contributed by atoms with E-state index >= 15 is 0 Å². The van der Waals surface area contributed by atoms with Gasteiger partial charge in [0.2, 0.25) is 5.91 Å². The third-order valence-corrected chi connectivity index (χ3v) is 6.48. The molecule has 34 heavy (non-hydrogen) atoms. The fraction of sp³-hybridized carbons (Fsp3) is 0.292. The second-order valence-electron chi connectivity index (χ2n) is 7.88. The summed E-state index contributed by atoms with van der Waals surface area (Å²) in [6.45, 7) is 8.67. The summed E-state index contributed by atoms with van der Waals surface area (Å²) >= 11 is 7.44. The molecule has 2 N–H and O–H groups in total. The predicted molar refractivity (Wildman–Crippen MR) is 138 cm³/mol. The summed E-state index contributed by atoms with van der Waals surface area (Å²) in [5.74, 6) is -0.267. The van der Waals surface area contributed by atoms with Crippen molar-refractivity contribution in [2.75, 3.05) is 28.8 Å². The van der Waals surface area contributed by atoms with E-state index in [9.17, 15) is 9.59 Å². The lowest BCUT2D eigenvalue weighted by Crippen LogP contribution is -2.45. The Labute approximate surface area is 208 Å². The quantitative estimate of drug-likeness (QED) is 0.559. The predicted octanol–water partition coefficient (Wildman–Crippen LogP) is 5.35. The number of urea groups is 1. The minimum Gasteiger partial charge on any atom is -0.377 e. The van der Waals surface area contributed by atoms with Gasteiger partial charge < -0.3 is 20.3 Å². The van der Waals surface area contributed by atoms with Crippen LogP contribution in [0.3, 0.4) is 0 Å². The Morgan fingerprint density at radius 2 is 1.79 bits per heavy atom. The molecule has 2 aromatic carbocycles. The number of nitrogens with one attached hydrogen (secondary N) is 2. The lowest BCUT2D eigenvalue weighted by atomic mass is 10.1. The van der Waals surface area contributed by atoms with Crippen molar-refractivity contribution in [3.63, 3.8) is 0 Å². The van der Waals surface area contributed by atoms with Gasteiger partial charge >= 0.3 is 6.03 Å². The number of halogens is 1. The first kappa shape index (κ1) is 24.1. The number of hydrazone groups is 1. The molecule has 0 radical (unpaired) electrons. The smallest absolute Gasteiger partial charge is 0.322 e. The van der Waals surface area contributed by atoms with Gasteiger partial charge in [0, 0.05) is 36.0 Å². The number of anilines is 3. The number of hydrogen-bond donors (Lipinski definition) is 2. The Bertz CT molecular complexity index is 1110. The van der Waals surface area contributed by atoms with Crippen molar-refractivity contribution in [1.29, 1.82) is 0 Å². The molecular weight excluding hydrogens is 474 g/mol. The molecule has 0 unspecified atom stereocenters. The van der Waals surface area contributed by atoms with Gasteiger partial charge in [-0.3, -0.25) is 4.79 Å². The molecule has 3 amide bonds. The molecular formula is C24H26ClN5O3S. The minimum atomic E-state index is -0.662. The van der Waals surface area contributed by atoms with Crippen LogP contribution in [0.1, 0.15) is 20.3 Å². The van der Waals surface area contributed by atoms with E-state index in [0.717, 1.165) is 15.8 Å². The number of amides is 3. The van der Waals surface area contributed by atoms with Gasteiger partial charge in [0.15, 0.2) is 0 Å². The minimum absolute atomic E-state index is 0.209. The number of ether oxygens (including phenoxy) is 1. The van der Waals surface area contributed by atoms with E-state index in [1.54, 1.807) is 41.4 Å². The first-order chi connectivity index (χ1) is 16.3. The maximum atomic E-state index is 13.2. The molecule has 1 saturated heterocycles. The molecule has 4 rings (SSSR count). The number of carbonyl (C=O) groups excluding carboxylic acids is 2. The summed E-state index contributed by atoms with van der Waals surface area (Å²) in [7, 11) is 0. The summed E-state index contributed by atoms with van der Waals surface area (Å²) in [6.07, 6.45) is 0.212. The SMILES string of the molecule is C=C1SC(C)=NN1c1ccc(NC(=O)[C@H]2C[C@@H](OCC)CN2C(=O)Nc2ccc(Cl)cc2)cc1. The lowest BCUT2D eigenvalue weighted by Gasteiger charge is -2.24. The number of nitrogens with zero attached hydrogens (tertiary/aromatic N) is 3. The molecule has 2 aliphatic rings. The van der Waals surface area contributed by atoms with Crippen LogP contribution in [-0.2, 0) is 9.53 Å². The van der Waals surface area contributed by atoms with Gasteiger partial charge in [0.1, 0.15) is 6.04 Å². The number of benzene rings is 2. The Kier molecular flexibility index (Phi) is 7.45. The van der Waals surface area contributed by atoms with Crippen molar-refractivity contribution in [2.45, 2.75) is 32.4 Å². The van der Waals surface area contributed by atoms with E-state index in [0.29, 0.717) is 36.0 Å². The molecule has 2 aliphatic heterocycles. The molecule has 178 valence electrons. The van der Waals surface area contributed by atoms with E-state index in [1.807, 2.05) is 26.0 Å². The first-order valence-electron chi connectivity index (χ1n) is 10.9. The van der Waals surface area contributed by atoms with Gasteiger partial charge in [0.25, 0.3) is 0 Å². The number of rotatable bonds is 6. The summed E-state index contributed by atoms with van der Waals surface area (Å²) in [5.41, 5.74) is 2.09. The third-order valence-electron chi connectivity index (χ3n) is 5.45. The van der Waals surface area contributed by atoms with Crippen LogP contribution >= 0.6 is 23.4 Å². The van der Waals surface area contributed by atoms with Crippen molar-refractivity contribution in [3.8, 4) is 0 Å². The largest absolute Gasteiger partial charge is 0.377 e. The van der Waals surface area contributed by atoms with E-state index in [2.05, 4.69) is 22.3 Å². The molecule has 2 heterocycles. The van der Waals surface area contributed by atoms with Crippen molar-refractivity contribution in [3.05, 3.63) is 65.2 Å². The molecule has 0 aromatic heterocycles. The average molecular weight is 500 g/mol. The van der Waals surface area contributed by atoms with Gasteiger partial charge in [-0.2, -0.15) is 5.10 Å². The molecule has 2 atom stereocenters. The van der Waals surface area contributed by atoms with E-state index in [-0.39, 0.29) is 18.0 Å². The fourth-order valence-electron chi connectivity index (χ4n) is 3.90. The van der Waals surface area contributed by atoms with Crippen LogP contribution in [0.4, 0.5) is 21.9 Å². The molecule has 0 aliphatic carbocycles. The summed E-state index contributed by atoms with van der Waals surface area (Å²) in [5, 5.41) is 14.3. The molecule has 0 bridgehead atoms. The van der Waals surface area contributed by atoms with Crippen molar-refractivity contribution < 1.29 is 14.3 Å². The Morgan fingerprint density at radius 3 is 2.41 bits per heavy atom. The number of likely N-dealkylation sites (tertiary alicyclic amines) is 1. The van der Waals surface area contributed by atoms with Crippen molar-refractivity contribution in [1.82, 2.24) is 4.90 Å². The van der Waals surface area contributed by atoms with Crippen molar-refractivity contribution in [2.24, 2.45) is 5.10 Å². The zero-order valence-corrected chi connectivity index (χ0v) is 20.5. The van der Waals surface area contributed by atoms with Crippen LogP contribution < -0.4 is 15.6 Å². The highest BCUT2D eigenvalue weighted by Gasteiger charge is 2.40. The number of carbonyl (C=O) groups is 2. The van der Waals surface area contributed by atoms with E-state index in [1.165, 1.54) is 16.7 Å². The Balaban J connectivity index is 1.44. The maximum Gasteiger partial charge on any atom is 0.322 e. The number of hydrogen-bond acceptors (Lipinski definition) is 6. The Morgan fingerprint density at radius 1 is 1.15 bits per heavy atom. The highest BCUT2D eigenvalue weighted by molar-refractivity contribution is 8.17. The van der Waals surface area contributed by atoms with Crippen LogP contribution in [0.5, 0.6) is 0 Å². The first-order valence-corrected chi connectivity index (χ1v) is 12.1. The van der Waals surface area contributed by atoms with Gasteiger partial charge in [-0.15, -0.1) is 0 Å². The molecule has 8 nitrogen and oxygen atoms in total. The maximum absolute atomic E-state index is 13.2. The summed E-state index contributed by atoms with van der Waals surface area (Å²) in [6, 6.07) is 13.1. The molecule has 10 heteroatoms. The van der Waals surface area contributed by atoms with Gasteiger partial charge in [-0.25, -0.2) is 9.80 Å². The van der Waals surface area contributed by atoms with Crippen LogP contribution in [0, 0.1) is 0 Å². The van der Waals surface area contributed by atoms with Crippen LogP contribution in [0.2, 0.25) is 5.02 Å². The van der Waals surface area contributed by atoms with Crippen LogP contribution in [0.15, 0.2) is 65.2 Å². The fourth-order valence-corrected chi connectivity index (χ4v) is 4.72. The molecule has 0 saturated carbocycles. The highest BCUT2D eigenvalue weighted by Crippen LogP contribution is 2.33. The van der Waals surface area contributed by atoms with Gasteiger partial charge in [-0.05, 0) is 62.4 Å². The summed E-state index contributed by atoms with van der Waals surface area (Å²) in [4.78, 5) is 27.7. The topological polar surface area (TPSA) is 86.3 Å². The second-order valence-corrected chi connectivity index (χ2v) is 9.58. The second kappa shape index (κ2) is 10.5. The molecule has 0 spiro atoms. The number of thioether (sulfide) groups is 1.